The summed E-state index contributed by atoms with van der Waals surface area (Å²) in [5.74, 6) is 0. The Labute approximate surface area is 82.3 Å². The largest absolute Gasteiger partial charge is 0.263 e. The van der Waals surface area contributed by atoms with Crippen molar-refractivity contribution in [3.8, 4) is 0 Å². The SMILES string of the molecule is C=C/C=C(CCC)\N=C(/C)CCC. The second kappa shape index (κ2) is 7.78. The molecule has 0 bridgehead atoms. The molecule has 0 aliphatic heterocycles. The van der Waals surface area contributed by atoms with Crippen LogP contribution in [0.4, 0.5) is 0 Å². The van der Waals surface area contributed by atoms with Gasteiger partial charge in [0.15, 0.2) is 0 Å². The maximum absolute atomic E-state index is 4.55. The molecule has 0 spiro atoms. The van der Waals surface area contributed by atoms with Crippen LogP contribution in [0.25, 0.3) is 0 Å². The van der Waals surface area contributed by atoms with Crippen LogP contribution in [0.2, 0.25) is 0 Å². The van der Waals surface area contributed by atoms with Crippen LogP contribution in [-0.4, -0.2) is 5.71 Å². The zero-order chi connectivity index (χ0) is 10.1. The summed E-state index contributed by atoms with van der Waals surface area (Å²) in [4.78, 5) is 4.55. The number of nitrogens with zero attached hydrogens (tertiary/aromatic N) is 1. The summed E-state index contributed by atoms with van der Waals surface area (Å²) in [6, 6.07) is 0. The Hall–Kier alpha value is -0.850. The molecule has 0 unspecified atom stereocenters. The Morgan fingerprint density at radius 1 is 1.23 bits per heavy atom. The van der Waals surface area contributed by atoms with Gasteiger partial charge in [-0.2, -0.15) is 0 Å². The van der Waals surface area contributed by atoms with Gasteiger partial charge in [0.05, 0.1) is 0 Å². The molecule has 0 atom stereocenters. The van der Waals surface area contributed by atoms with Gasteiger partial charge in [-0.05, 0) is 25.8 Å². The summed E-state index contributed by atoms with van der Waals surface area (Å²) < 4.78 is 0. The molecule has 0 aromatic carbocycles. The summed E-state index contributed by atoms with van der Waals surface area (Å²) in [5.41, 5.74) is 2.38. The highest BCUT2D eigenvalue weighted by Crippen LogP contribution is 2.08. The van der Waals surface area contributed by atoms with E-state index in [2.05, 4.69) is 32.3 Å². The average Bonchev–Trinajstić information content (AvgIpc) is 2.05. The second-order valence-electron chi connectivity index (χ2n) is 3.24. The molecular weight excluding hydrogens is 158 g/mol. The Morgan fingerprint density at radius 3 is 2.31 bits per heavy atom. The third-order valence-corrected chi connectivity index (χ3v) is 1.76. The monoisotopic (exact) mass is 179 g/mol. The number of rotatable bonds is 6. The minimum absolute atomic E-state index is 1.05. The molecule has 0 aromatic heterocycles. The van der Waals surface area contributed by atoms with Crippen molar-refractivity contribution in [1.82, 2.24) is 0 Å². The summed E-state index contributed by atoms with van der Waals surface area (Å²) >= 11 is 0. The van der Waals surface area contributed by atoms with E-state index in [4.69, 9.17) is 0 Å². The number of aliphatic imine (C=N–C) groups is 1. The van der Waals surface area contributed by atoms with E-state index in [0.717, 1.165) is 25.0 Å². The van der Waals surface area contributed by atoms with E-state index < -0.39 is 0 Å². The quantitative estimate of drug-likeness (QED) is 0.429. The molecule has 0 radical (unpaired) electrons. The Morgan fingerprint density at radius 2 is 1.85 bits per heavy atom. The van der Waals surface area contributed by atoms with Crippen LogP contribution in [-0.2, 0) is 0 Å². The molecule has 0 aliphatic rings. The normalized spacial score (nSPS) is 13.2. The number of hydrogen-bond donors (Lipinski definition) is 0. The number of hydrogen-bond acceptors (Lipinski definition) is 1. The smallest absolute Gasteiger partial charge is 0.0402 e. The molecule has 0 N–H and O–H groups in total. The zero-order valence-electron chi connectivity index (χ0n) is 9.14. The number of allylic oxidation sites excluding steroid dienone is 3. The van der Waals surface area contributed by atoms with Gasteiger partial charge in [0.1, 0.15) is 0 Å². The van der Waals surface area contributed by atoms with Crippen molar-refractivity contribution in [2.75, 3.05) is 0 Å². The molecule has 0 saturated heterocycles. The van der Waals surface area contributed by atoms with Gasteiger partial charge in [-0.15, -0.1) is 0 Å². The highest BCUT2D eigenvalue weighted by Gasteiger charge is 1.93. The first kappa shape index (κ1) is 12.2. The average molecular weight is 179 g/mol. The van der Waals surface area contributed by atoms with Crippen LogP contribution >= 0.6 is 0 Å². The molecule has 0 aliphatic carbocycles. The van der Waals surface area contributed by atoms with Crippen molar-refractivity contribution in [1.29, 1.82) is 0 Å². The van der Waals surface area contributed by atoms with Gasteiger partial charge in [-0.1, -0.05) is 39.3 Å². The van der Waals surface area contributed by atoms with E-state index in [1.807, 2.05) is 12.2 Å². The van der Waals surface area contributed by atoms with E-state index in [1.165, 1.54) is 12.1 Å². The molecule has 1 nitrogen and oxygen atoms in total. The topological polar surface area (TPSA) is 12.4 Å². The van der Waals surface area contributed by atoms with Gasteiger partial charge in [0.25, 0.3) is 0 Å². The van der Waals surface area contributed by atoms with Gasteiger partial charge < -0.3 is 0 Å². The van der Waals surface area contributed by atoms with E-state index in [9.17, 15) is 0 Å². The maximum Gasteiger partial charge on any atom is 0.0402 e. The zero-order valence-corrected chi connectivity index (χ0v) is 9.14. The molecule has 0 fully saturated rings. The molecular formula is C12H21N. The van der Waals surface area contributed by atoms with E-state index in [1.54, 1.807) is 0 Å². The van der Waals surface area contributed by atoms with Gasteiger partial charge >= 0.3 is 0 Å². The first-order chi connectivity index (χ1) is 6.24. The van der Waals surface area contributed by atoms with Crippen LogP contribution < -0.4 is 0 Å². The Balaban J connectivity index is 4.30. The van der Waals surface area contributed by atoms with Crippen molar-refractivity contribution in [3.63, 3.8) is 0 Å². The third-order valence-electron chi connectivity index (χ3n) is 1.76. The molecule has 74 valence electrons. The minimum Gasteiger partial charge on any atom is -0.263 e. The predicted molar refractivity (Wildman–Crippen MR) is 61.2 cm³/mol. The van der Waals surface area contributed by atoms with Crippen molar-refractivity contribution >= 4 is 5.71 Å². The molecule has 13 heavy (non-hydrogen) atoms. The highest BCUT2D eigenvalue weighted by atomic mass is 14.7. The second-order valence-corrected chi connectivity index (χ2v) is 3.24. The molecule has 0 rings (SSSR count). The molecule has 1 heteroatoms. The minimum atomic E-state index is 1.05. The molecule has 0 heterocycles. The van der Waals surface area contributed by atoms with Crippen LogP contribution in [0.5, 0.6) is 0 Å². The summed E-state index contributed by atoms with van der Waals surface area (Å²) in [6.07, 6.45) is 8.27. The van der Waals surface area contributed by atoms with Crippen molar-refractivity contribution in [2.45, 2.75) is 46.5 Å². The fourth-order valence-corrected chi connectivity index (χ4v) is 1.23. The Kier molecular flexibility index (Phi) is 7.27. The van der Waals surface area contributed by atoms with Crippen molar-refractivity contribution in [2.24, 2.45) is 4.99 Å². The third kappa shape index (κ3) is 6.32. The van der Waals surface area contributed by atoms with Crippen LogP contribution in [0.3, 0.4) is 0 Å². The first-order valence-electron chi connectivity index (χ1n) is 5.10. The van der Waals surface area contributed by atoms with Crippen molar-refractivity contribution in [3.05, 3.63) is 24.4 Å². The van der Waals surface area contributed by atoms with E-state index in [0.29, 0.717) is 0 Å². The van der Waals surface area contributed by atoms with Gasteiger partial charge in [-0.3, -0.25) is 4.99 Å². The van der Waals surface area contributed by atoms with E-state index in [-0.39, 0.29) is 0 Å². The Bertz CT molecular complexity index is 199. The lowest BCUT2D eigenvalue weighted by molar-refractivity contribution is 0.886. The summed E-state index contributed by atoms with van der Waals surface area (Å²) in [5, 5.41) is 0. The lowest BCUT2D eigenvalue weighted by Crippen LogP contribution is -1.91. The van der Waals surface area contributed by atoms with Gasteiger partial charge in [0.2, 0.25) is 0 Å². The lowest BCUT2D eigenvalue weighted by atomic mass is 10.2. The fraction of sp³-hybridized carbons (Fsp3) is 0.583. The molecule has 0 amide bonds. The first-order valence-corrected chi connectivity index (χ1v) is 5.10. The maximum atomic E-state index is 4.55. The van der Waals surface area contributed by atoms with Crippen LogP contribution in [0.1, 0.15) is 46.5 Å². The van der Waals surface area contributed by atoms with E-state index >= 15 is 0 Å². The summed E-state index contributed by atoms with van der Waals surface area (Å²) in [6.45, 7) is 10.1. The van der Waals surface area contributed by atoms with Crippen LogP contribution in [0.15, 0.2) is 29.4 Å². The lowest BCUT2D eigenvalue weighted by Gasteiger charge is -2.01. The summed E-state index contributed by atoms with van der Waals surface area (Å²) in [7, 11) is 0. The van der Waals surface area contributed by atoms with Crippen molar-refractivity contribution < 1.29 is 0 Å². The highest BCUT2D eigenvalue weighted by molar-refractivity contribution is 5.82. The molecule has 0 saturated carbocycles. The standard InChI is InChI=1S/C12H21N/c1-5-8-11(4)13-12(9-6-2)10-7-3/h6,9H,2,5,7-8,10H2,1,3-4H3/b12-9-,13-11+. The van der Waals surface area contributed by atoms with Crippen LogP contribution in [0, 0.1) is 0 Å². The van der Waals surface area contributed by atoms with Gasteiger partial charge in [-0.25, -0.2) is 0 Å². The molecule has 0 aromatic rings. The predicted octanol–water partition coefficient (Wildman–Crippen LogP) is 4.12. The fourth-order valence-electron chi connectivity index (χ4n) is 1.23. The van der Waals surface area contributed by atoms with Gasteiger partial charge in [0, 0.05) is 11.4 Å².